The SMILES string of the molecule is CCCCCCCCc1cc(-c2cc(CCCCCCCC)c(C#Cc3ccc(OCC(O)CO)cc3)s2)sc1C#Cc1ccc(OCC(O)CO)cc1. The maximum absolute atomic E-state index is 9.60. The summed E-state index contributed by atoms with van der Waals surface area (Å²) < 4.78 is 11.1. The zero-order chi connectivity index (χ0) is 38.4. The van der Waals surface area contributed by atoms with Crippen molar-refractivity contribution in [2.75, 3.05) is 26.4 Å². The number of rotatable bonds is 23. The summed E-state index contributed by atoms with van der Waals surface area (Å²) in [4.78, 5) is 4.69. The highest BCUT2D eigenvalue weighted by molar-refractivity contribution is 7.22. The number of hydrogen-bond donors (Lipinski definition) is 4. The van der Waals surface area contributed by atoms with Crippen LogP contribution in [-0.2, 0) is 12.8 Å². The van der Waals surface area contributed by atoms with E-state index < -0.39 is 12.2 Å². The van der Waals surface area contributed by atoms with Crippen LogP contribution < -0.4 is 9.47 Å². The summed E-state index contributed by atoms with van der Waals surface area (Å²) in [6.45, 7) is 3.92. The van der Waals surface area contributed by atoms with Crippen molar-refractivity contribution in [3.8, 4) is 44.9 Å². The van der Waals surface area contributed by atoms with Gasteiger partial charge in [-0.1, -0.05) is 102 Å². The molecule has 0 aliphatic heterocycles. The third kappa shape index (κ3) is 15.3. The van der Waals surface area contributed by atoms with Crippen LogP contribution in [0.4, 0.5) is 0 Å². The van der Waals surface area contributed by atoms with Gasteiger partial charge in [-0.05, 0) is 97.5 Å². The minimum Gasteiger partial charge on any atom is -0.491 e. The molecule has 2 aromatic heterocycles. The van der Waals surface area contributed by atoms with Crippen molar-refractivity contribution in [3.05, 3.63) is 92.7 Å². The molecule has 4 aromatic rings. The molecule has 0 radical (unpaired) electrons. The molecule has 290 valence electrons. The summed E-state index contributed by atoms with van der Waals surface area (Å²) in [5, 5.41) is 37.3. The van der Waals surface area contributed by atoms with Crippen molar-refractivity contribution < 1.29 is 29.9 Å². The van der Waals surface area contributed by atoms with Crippen LogP contribution in [0.5, 0.6) is 11.5 Å². The lowest BCUT2D eigenvalue weighted by Crippen LogP contribution is -2.21. The second-order valence-electron chi connectivity index (χ2n) is 13.8. The van der Waals surface area contributed by atoms with Crippen molar-refractivity contribution in [2.45, 2.75) is 116 Å². The Kier molecular flexibility index (Phi) is 19.8. The Hall–Kier alpha value is -3.60. The smallest absolute Gasteiger partial charge is 0.119 e. The van der Waals surface area contributed by atoms with E-state index in [0.717, 1.165) is 46.6 Å². The van der Waals surface area contributed by atoms with Crippen LogP contribution in [0.25, 0.3) is 9.75 Å². The Balaban J connectivity index is 1.57. The molecule has 0 amide bonds. The molecule has 6 nitrogen and oxygen atoms in total. The highest BCUT2D eigenvalue weighted by Crippen LogP contribution is 2.38. The quantitative estimate of drug-likeness (QED) is 0.0443. The molecule has 2 atom stereocenters. The predicted molar refractivity (Wildman–Crippen MR) is 224 cm³/mol. The molecule has 0 bridgehead atoms. The molecule has 0 saturated heterocycles. The van der Waals surface area contributed by atoms with Gasteiger partial charge in [0.25, 0.3) is 0 Å². The molecule has 8 heteroatoms. The van der Waals surface area contributed by atoms with Crippen molar-refractivity contribution in [1.82, 2.24) is 0 Å². The monoisotopic (exact) mass is 770 g/mol. The van der Waals surface area contributed by atoms with Crippen LogP contribution in [0, 0.1) is 23.7 Å². The fraction of sp³-hybridized carbons (Fsp3) is 0.478. The van der Waals surface area contributed by atoms with E-state index in [-0.39, 0.29) is 26.4 Å². The summed E-state index contributed by atoms with van der Waals surface area (Å²) in [7, 11) is 0. The van der Waals surface area contributed by atoms with Gasteiger partial charge in [-0.25, -0.2) is 0 Å². The average molecular weight is 771 g/mol. The maximum Gasteiger partial charge on any atom is 0.119 e. The molecule has 2 unspecified atom stereocenters. The van der Waals surface area contributed by atoms with E-state index >= 15 is 0 Å². The zero-order valence-corrected chi connectivity index (χ0v) is 33.7. The van der Waals surface area contributed by atoms with Crippen molar-refractivity contribution >= 4 is 22.7 Å². The van der Waals surface area contributed by atoms with Gasteiger partial charge in [-0.2, -0.15) is 0 Å². The zero-order valence-electron chi connectivity index (χ0n) is 32.1. The Morgan fingerprint density at radius 1 is 0.519 bits per heavy atom. The standard InChI is InChI=1S/C46H58O6S2/c1-3-5-7-9-11-13-15-37-29-45(53-43(37)27-21-35-17-23-41(24-18-35)51-33-39(49)31-47)46-30-38(16-14-12-10-8-6-4-2)44(54-46)28-22-36-19-25-42(26-20-36)52-34-40(50)32-48/h17-20,23-26,29-30,39-40,47-50H,3-16,31-34H2,1-2H3. The Bertz CT molecular complexity index is 1640. The first-order valence-electron chi connectivity index (χ1n) is 19.8. The third-order valence-electron chi connectivity index (χ3n) is 9.12. The number of ether oxygens (including phenoxy) is 2. The Morgan fingerprint density at radius 3 is 1.26 bits per heavy atom. The van der Waals surface area contributed by atoms with E-state index in [4.69, 9.17) is 19.7 Å². The van der Waals surface area contributed by atoms with E-state index in [1.54, 1.807) is 22.7 Å². The van der Waals surface area contributed by atoms with Gasteiger partial charge in [-0.15, -0.1) is 22.7 Å². The Morgan fingerprint density at radius 2 is 0.889 bits per heavy atom. The lowest BCUT2D eigenvalue weighted by atomic mass is 10.0. The number of benzene rings is 2. The summed E-state index contributed by atoms with van der Waals surface area (Å²) in [5.74, 6) is 15.0. The summed E-state index contributed by atoms with van der Waals surface area (Å²) in [5.41, 5.74) is 4.40. The van der Waals surface area contributed by atoms with E-state index in [2.05, 4.69) is 49.7 Å². The molecule has 2 aromatic carbocycles. The summed E-state index contributed by atoms with van der Waals surface area (Å²) in [6, 6.07) is 19.8. The van der Waals surface area contributed by atoms with Crippen LogP contribution in [-0.4, -0.2) is 59.1 Å². The maximum atomic E-state index is 9.60. The molecular weight excluding hydrogens is 713 g/mol. The largest absolute Gasteiger partial charge is 0.491 e. The molecule has 0 spiro atoms. The normalized spacial score (nSPS) is 12.0. The topological polar surface area (TPSA) is 99.4 Å². The molecule has 0 aliphatic rings. The van der Waals surface area contributed by atoms with Crippen LogP contribution in [0.15, 0.2) is 60.7 Å². The van der Waals surface area contributed by atoms with E-state index in [0.29, 0.717) is 11.5 Å². The van der Waals surface area contributed by atoms with Gasteiger partial charge in [-0.3, -0.25) is 0 Å². The van der Waals surface area contributed by atoms with Gasteiger partial charge in [0, 0.05) is 20.9 Å². The Labute approximate surface area is 331 Å². The number of thiophene rings is 2. The number of unbranched alkanes of at least 4 members (excludes halogenated alkanes) is 10. The first-order valence-corrected chi connectivity index (χ1v) is 21.4. The van der Waals surface area contributed by atoms with E-state index in [1.807, 2.05) is 48.5 Å². The third-order valence-corrected chi connectivity index (χ3v) is 11.5. The highest BCUT2D eigenvalue weighted by Gasteiger charge is 2.15. The minimum atomic E-state index is -0.903. The van der Waals surface area contributed by atoms with Gasteiger partial charge < -0.3 is 29.9 Å². The molecule has 4 N–H and O–H groups in total. The summed E-state index contributed by atoms with van der Waals surface area (Å²) in [6.07, 6.45) is 15.2. The lowest BCUT2D eigenvalue weighted by Gasteiger charge is -2.09. The van der Waals surface area contributed by atoms with Gasteiger partial charge in [0.05, 0.1) is 23.0 Å². The molecular formula is C46H58O6S2. The van der Waals surface area contributed by atoms with E-state index in [1.165, 1.54) is 85.1 Å². The molecule has 0 saturated carbocycles. The highest BCUT2D eigenvalue weighted by atomic mass is 32.1. The van der Waals surface area contributed by atoms with Gasteiger partial charge in [0.1, 0.15) is 36.9 Å². The van der Waals surface area contributed by atoms with Crippen LogP contribution in [0.1, 0.15) is 123 Å². The number of aliphatic hydroxyl groups is 4. The molecule has 0 aliphatic carbocycles. The van der Waals surface area contributed by atoms with Crippen molar-refractivity contribution in [1.29, 1.82) is 0 Å². The van der Waals surface area contributed by atoms with Crippen LogP contribution in [0.2, 0.25) is 0 Å². The molecule has 2 heterocycles. The van der Waals surface area contributed by atoms with Gasteiger partial charge in [0.15, 0.2) is 0 Å². The van der Waals surface area contributed by atoms with Crippen molar-refractivity contribution in [3.63, 3.8) is 0 Å². The molecule has 54 heavy (non-hydrogen) atoms. The number of aliphatic hydroxyl groups excluding tert-OH is 4. The number of aryl methyl sites for hydroxylation is 2. The van der Waals surface area contributed by atoms with Crippen molar-refractivity contribution in [2.24, 2.45) is 0 Å². The fourth-order valence-corrected chi connectivity index (χ4v) is 8.09. The fourth-order valence-electron chi connectivity index (χ4n) is 5.89. The van der Waals surface area contributed by atoms with Gasteiger partial charge in [0.2, 0.25) is 0 Å². The van der Waals surface area contributed by atoms with Gasteiger partial charge >= 0.3 is 0 Å². The minimum absolute atomic E-state index is 0.0414. The molecule has 0 fully saturated rings. The predicted octanol–water partition coefficient (Wildman–Crippen LogP) is 9.55. The first kappa shape index (κ1) is 43.1. The summed E-state index contributed by atoms with van der Waals surface area (Å²) >= 11 is 3.54. The lowest BCUT2D eigenvalue weighted by molar-refractivity contribution is 0.0536. The molecule has 4 rings (SSSR count). The number of hydrogen-bond acceptors (Lipinski definition) is 8. The second kappa shape index (κ2) is 24.7. The van der Waals surface area contributed by atoms with Crippen LogP contribution >= 0.6 is 22.7 Å². The first-order chi connectivity index (χ1) is 26.4. The second-order valence-corrected chi connectivity index (χ2v) is 15.9. The van der Waals surface area contributed by atoms with Crippen LogP contribution in [0.3, 0.4) is 0 Å². The van der Waals surface area contributed by atoms with E-state index in [9.17, 15) is 10.2 Å². The average Bonchev–Trinajstić information content (AvgIpc) is 3.81.